The number of hydrogen-bond donors (Lipinski definition) is 0. The van der Waals surface area contributed by atoms with Gasteiger partial charge >= 0.3 is 5.97 Å². The van der Waals surface area contributed by atoms with Gasteiger partial charge in [0.25, 0.3) is 0 Å². The third kappa shape index (κ3) is 3.15. The minimum atomic E-state index is -0.761. The maximum Gasteiger partial charge on any atom is 0.346 e. The molecule has 2 aromatic carbocycles. The van der Waals surface area contributed by atoms with Crippen LogP contribution in [-0.2, 0) is 9.53 Å². The molecule has 1 aromatic heterocycles. The van der Waals surface area contributed by atoms with Crippen molar-refractivity contribution >= 4 is 16.9 Å². The maximum atomic E-state index is 12.4. The number of rotatable bonds is 4. The first kappa shape index (κ1) is 15.8. The van der Waals surface area contributed by atoms with Gasteiger partial charge < -0.3 is 13.9 Å². The van der Waals surface area contributed by atoms with E-state index in [1.54, 1.807) is 25.1 Å². The molecule has 0 fully saturated rings. The molecule has 0 saturated heterocycles. The summed E-state index contributed by atoms with van der Waals surface area (Å²) in [5.41, 5.74) is 1.11. The zero-order valence-electron chi connectivity index (χ0n) is 13.3. The van der Waals surface area contributed by atoms with E-state index in [0.717, 1.165) is 5.56 Å². The van der Waals surface area contributed by atoms with Gasteiger partial charge in [0, 0.05) is 11.6 Å². The van der Waals surface area contributed by atoms with E-state index in [1.165, 1.54) is 13.2 Å². The highest BCUT2D eigenvalue weighted by Gasteiger charge is 2.15. The number of carbonyl (C=O) groups excluding carboxylic acids is 1. The van der Waals surface area contributed by atoms with Gasteiger partial charge in [-0.2, -0.15) is 0 Å². The second-order valence-electron chi connectivity index (χ2n) is 5.28. The Bertz CT molecular complexity index is 927. The highest BCUT2D eigenvalue weighted by atomic mass is 16.6. The molecule has 1 unspecified atom stereocenters. The number of ether oxygens (including phenoxy) is 2. The molecule has 3 rings (SSSR count). The molecule has 1 heterocycles. The lowest BCUT2D eigenvalue weighted by Crippen LogP contribution is -2.24. The van der Waals surface area contributed by atoms with E-state index in [4.69, 9.17) is 9.15 Å². The molecule has 0 aliphatic rings. The number of methoxy groups -OCH3 is 1. The standard InChI is InChI=1S/C19H16O5/c1-12(19(21)22-2)23-14-8-9-17-15(10-14)16(20)11-18(24-17)13-6-4-3-5-7-13/h3-12H,1-2H3. The van der Waals surface area contributed by atoms with E-state index in [-0.39, 0.29) is 5.43 Å². The highest BCUT2D eigenvalue weighted by Crippen LogP contribution is 2.25. The summed E-state index contributed by atoms with van der Waals surface area (Å²) in [6.45, 7) is 1.58. The Morgan fingerprint density at radius 1 is 1.08 bits per heavy atom. The van der Waals surface area contributed by atoms with Gasteiger partial charge in [0.05, 0.1) is 12.5 Å². The fourth-order valence-electron chi connectivity index (χ4n) is 2.37. The largest absolute Gasteiger partial charge is 0.479 e. The first-order chi connectivity index (χ1) is 11.6. The lowest BCUT2D eigenvalue weighted by atomic mass is 10.1. The maximum absolute atomic E-state index is 12.4. The SMILES string of the molecule is COC(=O)C(C)Oc1ccc2oc(-c3ccccc3)cc(=O)c2c1. The van der Waals surface area contributed by atoms with Crippen LogP contribution in [0.3, 0.4) is 0 Å². The van der Waals surface area contributed by atoms with Gasteiger partial charge in [0.1, 0.15) is 17.1 Å². The van der Waals surface area contributed by atoms with Crippen LogP contribution in [0.4, 0.5) is 0 Å². The number of esters is 1. The third-order valence-electron chi connectivity index (χ3n) is 3.60. The molecule has 1 atom stereocenters. The minimum absolute atomic E-state index is 0.175. The summed E-state index contributed by atoms with van der Waals surface area (Å²) in [5, 5.41) is 0.393. The summed E-state index contributed by atoms with van der Waals surface area (Å²) >= 11 is 0. The molecule has 0 saturated carbocycles. The summed E-state index contributed by atoms with van der Waals surface area (Å²) < 4.78 is 15.9. The number of hydrogen-bond acceptors (Lipinski definition) is 5. The van der Waals surface area contributed by atoms with Gasteiger partial charge in [-0.05, 0) is 25.1 Å². The Hall–Kier alpha value is -3.08. The number of fused-ring (bicyclic) bond motifs is 1. The van der Waals surface area contributed by atoms with E-state index in [2.05, 4.69) is 4.74 Å². The predicted octanol–water partition coefficient (Wildman–Crippen LogP) is 3.40. The minimum Gasteiger partial charge on any atom is -0.479 e. The molecule has 0 bridgehead atoms. The van der Waals surface area contributed by atoms with Gasteiger partial charge in [-0.25, -0.2) is 4.79 Å². The Morgan fingerprint density at radius 2 is 1.83 bits per heavy atom. The van der Waals surface area contributed by atoms with Crippen LogP contribution < -0.4 is 10.2 Å². The van der Waals surface area contributed by atoms with Crippen molar-refractivity contribution in [3.05, 3.63) is 64.8 Å². The van der Waals surface area contributed by atoms with E-state index in [9.17, 15) is 9.59 Å². The van der Waals surface area contributed by atoms with Crippen molar-refractivity contribution in [2.45, 2.75) is 13.0 Å². The first-order valence-corrected chi connectivity index (χ1v) is 7.46. The van der Waals surface area contributed by atoms with Crippen LogP contribution in [0.15, 0.2) is 63.8 Å². The van der Waals surface area contributed by atoms with E-state index in [1.807, 2.05) is 30.3 Å². The van der Waals surface area contributed by atoms with Crippen LogP contribution in [0.5, 0.6) is 5.75 Å². The van der Waals surface area contributed by atoms with Gasteiger partial charge in [0.2, 0.25) is 0 Å². The molecular weight excluding hydrogens is 308 g/mol. The number of carbonyl (C=O) groups is 1. The van der Waals surface area contributed by atoms with Crippen LogP contribution in [0.2, 0.25) is 0 Å². The Kier molecular flexibility index (Phi) is 4.33. The molecule has 0 N–H and O–H groups in total. The van der Waals surface area contributed by atoms with Crippen LogP contribution in [0.25, 0.3) is 22.3 Å². The Balaban J connectivity index is 1.98. The van der Waals surface area contributed by atoms with Crippen molar-refractivity contribution in [3.8, 4) is 17.1 Å². The van der Waals surface area contributed by atoms with Gasteiger partial charge in [-0.3, -0.25) is 4.79 Å². The second kappa shape index (κ2) is 6.58. The second-order valence-corrected chi connectivity index (χ2v) is 5.28. The molecule has 5 nitrogen and oxygen atoms in total. The van der Waals surface area contributed by atoms with Crippen molar-refractivity contribution in [1.82, 2.24) is 0 Å². The third-order valence-corrected chi connectivity index (χ3v) is 3.60. The smallest absolute Gasteiger partial charge is 0.346 e. The molecule has 0 amide bonds. The Labute approximate surface area is 138 Å². The average molecular weight is 324 g/mol. The monoisotopic (exact) mass is 324 g/mol. The highest BCUT2D eigenvalue weighted by molar-refractivity contribution is 5.80. The number of benzene rings is 2. The van der Waals surface area contributed by atoms with Crippen LogP contribution in [0, 0.1) is 0 Å². The molecule has 0 radical (unpaired) electrons. The lowest BCUT2D eigenvalue weighted by Gasteiger charge is -2.12. The Morgan fingerprint density at radius 3 is 2.54 bits per heavy atom. The van der Waals surface area contributed by atoms with Gasteiger partial charge in [-0.15, -0.1) is 0 Å². The van der Waals surface area contributed by atoms with Gasteiger partial charge in [-0.1, -0.05) is 30.3 Å². The molecule has 24 heavy (non-hydrogen) atoms. The molecule has 3 aromatic rings. The van der Waals surface area contributed by atoms with Crippen molar-refractivity contribution in [2.75, 3.05) is 7.11 Å². The fraction of sp³-hybridized carbons (Fsp3) is 0.158. The van der Waals surface area contributed by atoms with E-state index in [0.29, 0.717) is 22.5 Å². The quantitative estimate of drug-likeness (QED) is 0.688. The lowest BCUT2D eigenvalue weighted by molar-refractivity contribution is -0.147. The predicted molar refractivity (Wildman–Crippen MR) is 90.0 cm³/mol. The first-order valence-electron chi connectivity index (χ1n) is 7.46. The summed E-state index contributed by atoms with van der Waals surface area (Å²) in [6.07, 6.45) is -0.761. The molecule has 0 aliphatic heterocycles. The summed E-state index contributed by atoms with van der Waals surface area (Å²) in [6, 6.07) is 15.7. The van der Waals surface area contributed by atoms with Crippen LogP contribution in [0.1, 0.15) is 6.92 Å². The van der Waals surface area contributed by atoms with Crippen molar-refractivity contribution in [2.24, 2.45) is 0 Å². The fourth-order valence-corrected chi connectivity index (χ4v) is 2.37. The van der Waals surface area contributed by atoms with Crippen LogP contribution in [-0.4, -0.2) is 19.2 Å². The molecule has 122 valence electrons. The van der Waals surface area contributed by atoms with E-state index >= 15 is 0 Å². The van der Waals surface area contributed by atoms with E-state index < -0.39 is 12.1 Å². The van der Waals surface area contributed by atoms with Crippen molar-refractivity contribution in [1.29, 1.82) is 0 Å². The normalized spacial score (nSPS) is 11.9. The zero-order chi connectivity index (χ0) is 17.1. The van der Waals surface area contributed by atoms with Gasteiger partial charge in [0.15, 0.2) is 11.5 Å². The summed E-state index contributed by atoms with van der Waals surface area (Å²) in [5.74, 6) is 0.423. The molecule has 0 spiro atoms. The topological polar surface area (TPSA) is 65.7 Å². The summed E-state index contributed by atoms with van der Waals surface area (Å²) in [4.78, 5) is 23.8. The van der Waals surface area contributed by atoms with Crippen molar-refractivity contribution in [3.63, 3.8) is 0 Å². The molecule has 0 aliphatic carbocycles. The average Bonchev–Trinajstić information content (AvgIpc) is 2.62. The van der Waals surface area contributed by atoms with Crippen molar-refractivity contribution < 1.29 is 18.7 Å². The zero-order valence-corrected chi connectivity index (χ0v) is 13.3. The molecular formula is C19H16O5. The van der Waals surface area contributed by atoms with Crippen LogP contribution >= 0.6 is 0 Å². The summed E-state index contributed by atoms with van der Waals surface area (Å²) in [7, 11) is 1.29. The molecule has 5 heteroatoms.